The Balaban J connectivity index is 1.49. The van der Waals surface area contributed by atoms with Crippen LogP contribution in [-0.4, -0.2) is 48.9 Å². The Labute approximate surface area is 189 Å². The van der Waals surface area contributed by atoms with E-state index in [1.54, 1.807) is 4.90 Å². The van der Waals surface area contributed by atoms with Crippen molar-refractivity contribution in [3.63, 3.8) is 0 Å². The number of carbonyl (C=O) groups is 1. The number of morpholine rings is 1. The molecule has 1 heterocycles. The zero-order chi connectivity index (χ0) is 22.3. The highest BCUT2D eigenvalue weighted by Crippen LogP contribution is 2.31. The predicted molar refractivity (Wildman–Crippen MR) is 127 cm³/mol. The summed E-state index contributed by atoms with van der Waals surface area (Å²) in [5.74, 6) is 0. The molecule has 0 bridgehead atoms. The van der Waals surface area contributed by atoms with Crippen molar-refractivity contribution in [1.82, 2.24) is 4.90 Å². The molecule has 32 heavy (non-hydrogen) atoms. The number of amides is 2. The summed E-state index contributed by atoms with van der Waals surface area (Å²) in [6, 6.07) is 26.9. The molecular weight excluding hydrogens is 402 g/mol. The average Bonchev–Trinajstić information content (AvgIpc) is 2.85. The maximum Gasteiger partial charge on any atom is 0.322 e. The van der Waals surface area contributed by atoms with Crippen molar-refractivity contribution in [3.05, 3.63) is 90.5 Å². The SMILES string of the molecule is CN(c1ccccc1)c1ccccc1NC(=O)N1CCOCC1CC(O)c1ccccc1. The highest BCUT2D eigenvalue weighted by Gasteiger charge is 2.30. The summed E-state index contributed by atoms with van der Waals surface area (Å²) in [5, 5.41) is 13.8. The maximum absolute atomic E-state index is 13.3. The van der Waals surface area contributed by atoms with Crippen molar-refractivity contribution in [2.45, 2.75) is 18.6 Å². The molecular formula is C26H29N3O3. The monoisotopic (exact) mass is 431 g/mol. The third kappa shape index (κ3) is 5.10. The topological polar surface area (TPSA) is 65.0 Å². The number of hydrogen-bond acceptors (Lipinski definition) is 4. The molecule has 0 saturated carbocycles. The molecule has 0 radical (unpaired) electrons. The summed E-state index contributed by atoms with van der Waals surface area (Å²) in [6.45, 7) is 1.37. The summed E-state index contributed by atoms with van der Waals surface area (Å²) in [6.07, 6.45) is -0.238. The van der Waals surface area contributed by atoms with Gasteiger partial charge in [0.05, 0.1) is 36.7 Å². The van der Waals surface area contributed by atoms with Gasteiger partial charge in [-0.15, -0.1) is 0 Å². The molecule has 3 aromatic carbocycles. The number of carbonyl (C=O) groups excluding carboxylic acids is 1. The zero-order valence-electron chi connectivity index (χ0n) is 18.2. The number of rotatable bonds is 6. The molecule has 0 aromatic heterocycles. The quantitative estimate of drug-likeness (QED) is 0.588. The molecule has 2 atom stereocenters. The van der Waals surface area contributed by atoms with E-state index in [1.165, 1.54) is 0 Å². The minimum atomic E-state index is -0.658. The maximum atomic E-state index is 13.3. The molecule has 2 N–H and O–H groups in total. The summed E-state index contributed by atoms with van der Waals surface area (Å²) >= 11 is 0. The van der Waals surface area contributed by atoms with Gasteiger partial charge in [0, 0.05) is 25.7 Å². The first-order valence-electron chi connectivity index (χ1n) is 10.9. The zero-order valence-corrected chi connectivity index (χ0v) is 18.2. The summed E-state index contributed by atoms with van der Waals surface area (Å²) < 4.78 is 5.63. The predicted octanol–water partition coefficient (Wildman–Crippen LogP) is 4.81. The third-order valence-corrected chi connectivity index (χ3v) is 5.82. The molecule has 0 aliphatic carbocycles. The lowest BCUT2D eigenvalue weighted by molar-refractivity contribution is -0.00427. The van der Waals surface area contributed by atoms with E-state index in [4.69, 9.17) is 4.74 Å². The average molecular weight is 432 g/mol. The van der Waals surface area contributed by atoms with Gasteiger partial charge in [-0.2, -0.15) is 0 Å². The molecule has 6 nitrogen and oxygen atoms in total. The number of ether oxygens (including phenoxy) is 1. The van der Waals surface area contributed by atoms with Crippen LogP contribution in [-0.2, 0) is 4.74 Å². The van der Waals surface area contributed by atoms with Gasteiger partial charge < -0.3 is 25.0 Å². The van der Waals surface area contributed by atoms with E-state index in [2.05, 4.69) is 5.32 Å². The molecule has 3 aromatic rings. The fraction of sp³-hybridized carbons (Fsp3) is 0.269. The Hall–Kier alpha value is -3.35. The second-order valence-corrected chi connectivity index (χ2v) is 7.93. The van der Waals surface area contributed by atoms with E-state index in [1.807, 2.05) is 96.9 Å². The van der Waals surface area contributed by atoms with Gasteiger partial charge in [0.1, 0.15) is 0 Å². The molecule has 1 aliphatic heterocycles. The second kappa shape index (κ2) is 10.3. The van der Waals surface area contributed by atoms with Gasteiger partial charge in [-0.1, -0.05) is 60.7 Å². The number of anilines is 3. The van der Waals surface area contributed by atoms with Gasteiger partial charge in [0.2, 0.25) is 0 Å². The first kappa shape index (κ1) is 21.9. The van der Waals surface area contributed by atoms with Crippen molar-refractivity contribution >= 4 is 23.1 Å². The van der Waals surface area contributed by atoms with Crippen LogP contribution in [0, 0.1) is 0 Å². The van der Waals surface area contributed by atoms with E-state index in [-0.39, 0.29) is 12.1 Å². The number of nitrogens with one attached hydrogen (secondary N) is 1. The van der Waals surface area contributed by atoms with Crippen LogP contribution in [0.25, 0.3) is 0 Å². The van der Waals surface area contributed by atoms with Gasteiger partial charge in [-0.05, 0) is 29.8 Å². The first-order valence-corrected chi connectivity index (χ1v) is 10.9. The number of urea groups is 1. The van der Waals surface area contributed by atoms with Crippen LogP contribution in [0.3, 0.4) is 0 Å². The molecule has 2 unspecified atom stereocenters. The lowest BCUT2D eigenvalue weighted by Gasteiger charge is -2.37. The fourth-order valence-electron chi connectivity index (χ4n) is 4.04. The molecule has 1 saturated heterocycles. The van der Waals surface area contributed by atoms with Gasteiger partial charge in [-0.25, -0.2) is 4.79 Å². The standard InChI is InChI=1S/C26H29N3O3/c1-28(21-12-6-3-7-13-21)24-15-9-8-14-23(24)27-26(31)29-16-17-32-19-22(29)18-25(30)20-10-4-2-5-11-20/h2-15,22,25,30H,16-19H2,1H3,(H,27,31). The van der Waals surface area contributed by atoms with Crippen LogP contribution in [0.5, 0.6) is 0 Å². The molecule has 1 fully saturated rings. The van der Waals surface area contributed by atoms with E-state index < -0.39 is 6.10 Å². The van der Waals surface area contributed by atoms with Gasteiger partial charge in [-0.3, -0.25) is 0 Å². The van der Waals surface area contributed by atoms with Crippen molar-refractivity contribution < 1.29 is 14.6 Å². The number of nitrogens with zero attached hydrogens (tertiary/aromatic N) is 2. The molecule has 166 valence electrons. The minimum Gasteiger partial charge on any atom is -0.388 e. The summed E-state index contributed by atoms with van der Waals surface area (Å²) in [4.78, 5) is 17.1. The normalized spacial score (nSPS) is 16.9. The van der Waals surface area contributed by atoms with Crippen molar-refractivity contribution in [2.24, 2.45) is 0 Å². The van der Waals surface area contributed by atoms with Gasteiger partial charge >= 0.3 is 6.03 Å². The number of aliphatic hydroxyl groups excluding tert-OH is 1. The van der Waals surface area contributed by atoms with E-state index in [9.17, 15) is 9.90 Å². The highest BCUT2D eigenvalue weighted by atomic mass is 16.5. The minimum absolute atomic E-state index is 0.188. The van der Waals surface area contributed by atoms with E-state index in [0.717, 1.165) is 22.6 Å². The van der Waals surface area contributed by atoms with Gasteiger partial charge in [0.25, 0.3) is 0 Å². The largest absolute Gasteiger partial charge is 0.388 e. The third-order valence-electron chi connectivity index (χ3n) is 5.82. The Kier molecular flexibility index (Phi) is 7.04. The van der Waals surface area contributed by atoms with Crippen LogP contribution >= 0.6 is 0 Å². The van der Waals surface area contributed by atoms with Crippen LogP contribution in [0.15, 0.2) is 84.9 Å². The number of aliphatic hydroxyl groups is 1. The highest BCUT2D eigenvalue weighted by molar-refractivity contribution is 5.94. The van der Waals surface area contributed by atoms with Gasteiger partial charge in [0.15, 0.2) is 0 Å². The molecule has 6 heteroatoms. The van der Waals surface area contributed by atoms with Crippen LogP contribution in [0.4, 0.5) is 21.9 Å². The number of hydrogen-bond donors (Lipinski definition) is 2. The Morgan fingerprint density at radius 2 is 1.72 bits per heavy atom. The number of benzene rings is 3. The molecule has 4 rings (SSSR count). The second-order valence-electron chi connectivity index (χ2n) is 7.93. The van der Waals surface area contributed by atoms with Crippen molar-refractivity contribution in [3.8, 4) is 0 Å². The molecule has 1 aliphatic rings. The fourth-order valence-corrected chi connectivity index (χ4v) is 4.04. The smallest absolute Gasteiger partial charge is 0.322 e. The van der Waals surface area contributed by atoms with Crippen LogP contribution < -0.4 is 10.2 Å². The number of para-hydroxylation sites is 3. The Morgan fingerprint density at radius 1 is 1.06 bits per heavy atom. The van der Waals surface area contributed by atoms with E-state index >= 15 is 0 Å². The van der Waals surface area contributed by atoms with Crippen molar-refractivity contribution in [2.75, 3.05) is 37.0 Å². The summed E-state index contributed by atoms with van der Waals surface area (Å²) in [7, 11) is 1.98. The van der Waals surface area contributed by atoms with Crippen LogP contribution in [0.2, 0.25) is 0 Å². The lowest BCUT2D eigenvalue weighted by Crippen LogP contribution is -2.51. The Morgan fingerprint density at radius 3 is 2.47 bits per heavy atom. The van der Waals surface area contributed by atoms with E-state index in [0.29, 0.717) is 26.2 Å². The lowest BCUT2D eigenvalue weighted by atomic mass is 10.0. The van der Waals surface area contributed by atoms with Crippen LogP contribution in [0.1, 0.15) is 18.1 Å². The molecule has 0 spiro atoms. The Bertz CT molecular complexity index is 1010. The first-order chi connectivity index (χ1) is 15.6. The van der Waals surface area contributed by atoms with Crippen molar-refractivity contribution in [1.29, 1.82) is 0 Å². The summed E-state index contributed by atoms with van der Waals surface area (Å²) in [5.41, 5.74) is 3.51. The molecule has 2 amide bonds.